The summed E-state index contributed by atoms with van der Waals surface area (Å²) in [5, 5.41) is 14.3. The first-order valence-electron chi connectivity index (χ1n) is 6.10. The maximum absolute atomic E-state index is 10.3. The smallest absolute Gasteiger partial charge is 0.109 e. The first kappa shape index (κ1) is 12.5. The lowest BCUT2D eigenvalue weighted by molar-refractivity contribution is -0.0961. The molecule has 0 aliphatic carbocycles. The molecule has 0 bridgehead atoms. The summed E-state index contributed by atoms with van der Waals surface area (Å²) in [5.74, 6) is 0. The number of ether oxygens (including phenoxy) is 1. The Morgan fingerprint density at radius 1 is 1.53 bits per heavy atom. The van der Waals surface area contributed by atoms with Crippen LogP contribution in [0.1, 0.15) is 25.5 Å². The van der Waals surface area contributed by atoms with Crippen LogP contribution in [0.4, 0.5) is 0 Å². The Balaban J connectivity index is 2.02. The normalized spacial score (nSPS) is 24.2. The molecule has 1 aromatic rings. The lowest BCUT2D eigenvalue weighted by atomic mass is 10.1. The van der Waals surface area contributed by atoms with E-state index in [2.05, 4.69) is 23.8 Å². The van der Waals surface area contributed by atoms with E-state index in [1.807, 2.05) is 13.2 Å². The van der Waals surface area contributed by atoms with Gasteiger partial charge in [0.2, 0.25) is 0 Å². The predicted octanol–water partition coefficient (Wildman–Crippen LogP) is 0.563. The third-order valence-corrected chi connectivity index (χ3v) is 3.27. The summed E-state index contributed by atoms with van der Waals surface area (Å²) < 4.78 is 7.35. The van der Waals surface area contributed by atoms with E-state index in [0.29, 0.717) is 12.6 Å². The van der Waals surface area contributed by atoms with Gasteiger partial charge in [0, 0.05) is 37.9 Å². The van der Waals surface area contributed by atoms with Crippen LogP contribution in [0.15, 0.2) is 12.4 Å². The molecule has 1 aromatic heterocycles. The highest BCUT2D eigenvalue weighted by molar-refractivity contribution is 5.10. The molecular formula is C12H21N3O2. The third-order valence-electron chi connectivity index (χ3n) is 3.27. The summed E-state index contributed by atoms with van der Waals surface area (Å²) in [7, 11) is 1.85. The van der Waals surface area contributed by atoms with Gasteiger partial charge in [0.1, 0.15) is 12.2 Å². The van der Waals surface area contributed by atoms with Crippen LogP contribution in [0.3, 0.4) is 0 Å². The average Bonchev–Trinajstić information content (AvgIpc) is 2.75. The molecule has 1 fully saturated rings. The van der Waals surface area contributed by atoms with E-state index in [9.17, 15) is 5.11 Å². The van der Waals surface area contributed by atoms with E-state index < -0.39 is 6.10 Å². The monoisotopic (exact) mass is 239 g/mol. The van der Waals surface area contributed by atoms with Crippen molar-refractivity contribution in [1.29, 1.82) is 0 Å². The third kappa shape index (κ3) is 2.86. The summed E-state index contributed by atoms with van der Waals surface area (Å²) in [6.45, 7) is 6.72. The molecular weight excluding hydrogens is 218 g/mol. The topological polar surface area (TPSA) is 50.5 Å². The summed E-state index contributed by atoms with van der Waals surface area (Å²) in [6, 6.07) is 0.488. The largest absolute Gasteiger partial charge is 0.386 e. The number of aryl methyl sites for hydroxylation is 1. The van der Waals surface area contributed by atoms with Crippen LogP contribution in [-0.2, 0) is 11.8 Å². The lowest BCUT2D eigenvalue weighted by Gasteiger charge is -2.37. The molecule has 2 unspecified atom stereocenters. The van der Waals surface area contributed by atoms with Crippen molar-refractivity contribution in [3.63, 3.8) is 0 Å². The van der Waals surface area contributed by atoms with Crippen molar-refractivity contribution >= 4 is 0 Å². The fourth-order valence-corrected chi connectivity index (χ4v) is 2.16. The minimum absolute atomic E-state index is 0.157. The van der Waals surface area contributed by atoms with Crippen molar-refractivity contribution < 1.29 is 9.84 Å². The Kier molecular flexibility index (Phi) is 3.81. The molecule has 1 aliphatic rings. The van der Waals surface area contributed by atoms with Crippen molar-refractivity contribution in [2.24, 2.45) is 7.05 Å². The zero-order valence-corrected chi connectivity index (χ0v) is 10.7. The Morgan fingerprint density at radius 2 is 2.29 bits per heavy atom. The Bertz CT molecular complexity index is 364. The first-order valence-corrected chi connectivity index (χ1v) is 6.10. The Hall–Kier alpha value is -0.910. The van der Waals surface area contributed by atoms with Gasteiger partial charge in [-0.05, 0) is 13.8 Å². The molecule has 17 heavy (non-hydrogen) atoms. The van der Waals surface area contributed by atoms with E-state index in [0.717, 1.165) is 18.7 Å². The number of aromatic nitrogens is 2. The van der Waals surface area contributed by atoms with Gasteiger partial charge in [-0.1, -0.05) is 0 Å². The minimum Gasteiger partial charge on any atom is -0.386 e. The van der Waals surface area contributed by atoms with Crippen LogP contribution in [-0.4, -0.2) is 51.6 Å². The van der Waals surface area contributed by atoms with E-state index in [1.165, 1.54) is 0 Å². The SMILES string of the molecule is CC(C)N1CCOC(C(O)c2cnn(C)c2)C1. The molecule has 0 aromatic carbocycles. The molecule has 1 saturated heterocycles. The first-order chi connectivity index (χ1) is 8.08. The fraction of sp³-hybridized carbons (Fsp3) is 0.750. The number of rotatable bonds is 3. The van der Waals surface area contributed by atoms with Gasteiger partial charge in [-0.25, -0.2) is 0 Å². The Labute approximate surface area is 102 Å². The fourth-order valence-electron chi connectivity index (χ4n) is 2.16. The van der Waals surface area contributed by atoms with Gasteiger partial charge >= 0.3 is 0 Å². The van der Waals surface area contributed by atoms with Crippen LogP contribution in [0.5, 0.6) is 0 Å². The molecule has 0 spiro atoms. The Morgan fingerprint density at radius 3 is 2.88 bits per heavy atom. The second-order valence-electron chi connectivity index (χ2n) is 4.89. The number of aliphatic hydroxyl groups is 1. The highest BCUT2D eigenvalue weighted by Crippen LogP contribution is 2.22. The highest BCUT2D eigenvalue weighted by atomic mass is 16.5. The second kappa shape index (κ2) is 5.16. The predicted molar refractivity (Wildman–Crippen MR) is 64.6 cm³/mol. The molecule has 96 valence electrons. The van der Waals surface area contributed by atoms with Crippen LogP contribution < -0.4 is 0 Å². The number of hydrogen-bond donors (Lipinski definition) is 1. The molecule has 5 heteroatoms. The van der Waals surface area contributed by atoms with Gasteiger partial charge in [0.25, 0.3) is 0 Å². The van der Waals surface area contributed by atoms with Crippen LogP contribution >= 0.6 is 0 Å². The van der Waals surface area contributed by atoms with Gasteiger partial charge in [0.15, 0.2) is 0 Å². The number of morpholine rings is 1. The maximum Gasteiger partial charge on any atom is 0.109 e. The molecule has 0 radical (unpaired) electrons. The number of aliphatic hydroxyl groups excluding tert-OH is 1. The highest BCUT2D eigenvalue weighted by Gasteiger charge is 2.29. The number of hydrogen-bond acceptors (Lipinski definition) is 4. The van der Waals surface area contributed by atoms with Crippen molar-refractivity contribution in [2.45, 2.75) is 32.1 Å². The summed E-state index contributed by atoms with van der Waals surface area (Å²) in [6.07, 6.45) is 2.78. The molecule has 2 atom stereocenters. The molecule has 2 rings (SSSR count). The van der Waals surface area contributed by atoms with E-state index in [1.54, 1.807) is 10.9 Å². The molecule has 5 nitrogen and oxygen atoms in total. The van der Waals surface area contributed by atoms with Gasteiger partial charge in [0.05, 0.1) is 12.8 Å². The van der Waals surface area contributed by atoms with Crippen molar-refractivity contribution in [1.82, 2.24) is 14.7 Å². The summed E-state index contributed by atoms with van der Waals surface area (Å²) >= 11 is 0. The van der Waals surface area contributed by atoms with Crippen LogP contribution in [0.25, 0.3) is 0 Å². The lowest BCUT2D eigenvalue weighted by Crippen LogP contribution is -2.47. The van der Waals surface area contributed by atoms with Gasteiger partial charge in [-0.2, -0.15) is 5.10 Å². The van der Waals surface area contributed by atoms with Crippen molar-refractivity contribution in [3.05, 3.63) is 18.0 Å². The zero-order chi connectivity index (χ0) is 12.4. The summed E-state index contributed by atoms with van der Waals surface area (Å²) in [4.78, 5) is 2.33. The second-order valence-corrected chi connectivity index (χ2v) is 4.89. The van der Waals surface area contributed by atoms with Crippen molar-refractivity contribution in [3.8, 4) is 0 Å². The molecule has 0 saturated carbocycles. The maximum atomic E-state index is 10.3. The van der Waals surface area contributed by atoms with Crippen LogP contribution in [0, 0.1) is 0 Å². The van der Waals surface area contributed by atoms with Gasteiger partial charge < -0.3 is 9.84 Å². The standard InChI is InChI=1S/C12H21N3O2/c1-9(2)15-4-5-17-11(8-15)12(16)10-6-13-14(3)7-10/h6-7,9,11-12,16H,4-5,8H2,1-3H3. The molecule has 1 aliphatic heterocycles. The molecule has 2 heterocycles. The van der Waals surface area contributed by atoms with E-state index in [4.69, 9.17) is 4.74 Å². The van der Waals surface area contributed by atoms with Crippen LogP contribution in [0.2, 0.25) is 0 Å². The van der Waals surface area contributed by atoms with Crippen molar-refractivity contribution in [2.75, 3.05) is 19.7 Å². The molecule has 0 amide bonds. The van der Waals surface area contributed by atoms with E-state index >= 15 is 0 Å². The minimum atomic E-state index is -0.592. The average molecular weight is 239 g/mol. The zero-order valence-electron chi connectivity index (χ0n) is 10.7. The number of nitrogens with zero attached hydrogens (tertiary/aromatic N) is 3. The van der Waals surface area contributed by atoms with E-state index in [-0.39, 0.29) is 6.10 Å². The van der Waals surface area contributed by atoms with Gasteiger partial charge in [-0.15, -0.1) is 0 Å². The molecule has 1 N–H and O–H groups in total. The quantitative estimate of drug-likeness (QED) is 0.837. The summed E-state index contributed by atoms with van der Waals surface area (Å²) in [5.41, 5.74) is 0.822. The van der Waals surface area contributed by atoms with Gasteiger partial charge in [-0.3, -0.25) is 9.58 Å².